The number of carbonyl (C=O) groups is 3. The van der Waals surface area contributed by atoms with Gasteiger partial charge in [0, 0.05) is 12.2 Å². The van der Waals surface area contributed by atoms with Crippen LogP contribution in [0.25, 0.3) is 0 Å². The normalized spacial score (nSPS) is 22.7. The molecule has 0 spiro atoms. The summed E-state index contributed by atoms with van der Waals surface area (Å²) >= 11 is 0. The summed E-state index contributed by atoms with van der Waals surface area (Å²) in [5.41, 5.74) is 0. The Morgan fingerprint density at radius 3 is 2.50 bits per heavy atom. The summed E-state index contributed by atoms with van der Waals surface area (Å²) in [6.07, 6.45) is 10.4. The summed E-state index contributed by atoms with van der Waals surface area (Å²) in [6, 6.07) is 5.60. The van der Waals surface area contributed by atoms with E-state index >= 15 is 0 Å². The zero-order valence-electron chi connectivity index (χ0n) is 21.7. The highest BCUT2D eigenvalue weighted by Gasteiger charge is 2.38. The van der Waals surface area contributed by atoms with E-state index in [0.717, 1.165) is 30.0 Å². The van der Waals surface area contributed by atoms with Crippen molar-refractivity contribution in [1.29, 1.82) is 0 Å². The molecule has 206 valence electrons. The molecule has 38 heavy (non-hydrogen) atoms. The lowest BCUT2D eigenvalue weighted by atomic mass is 9.91. The Bertz CT molecular complexity index is 1190. The van der Waals surface area contributed by atoms with E-state index in [9.17, 15) is 22.8 Å². The smallest absolute Gasteiger partial charge is 0.287 e. The van der Waals surface area contributed by atoms with Gasteiger partial charge in [-0.1, -0.05) is 44.6 Å². The Kier molecular flexibility index (Phi) is 9.32. The largest absolute Gasteiger partial charge is 0.459 e. The van der Waals surface area contributed by atoms with E-state index in [1.807, 2.05) is 0 Å². The maximum absolute atomic E-state index is 13.5. The predicted molar refractivity (Wildman–Crippen MR) is 140 cm³/mol. The fourth-order valence-electron chi connectivity index (χ4n) is 5.30. The molecule has 3 atom stereocenters. The van der Waals surface area contributed by atoms with Crippen LogP contribution in [0.3, 0.4) is 0 Å². The van der Waals surface area contributed by atoms with Gasteiger partial charge in [0.15, 0.2) is 16.6 Å². The third kappa shape index (κ3) is 6.87. The summed E-state index contributed by atoms with van der Waals surface area (Å²) in [5.74, 6) is -0.932. The SMILES string of the molecule is C[C@@H]1CC[C@H](NC(=O)[C@H](CC2CCCCCC2)NC(=O)c2ccco2)C(=O)CN1S(=O)(=O)c1ccccn1. The highest BCUT2D eigenvalue weighted by atomic mass is 32.2. The summed E-state index contributed by atoms with van der Waals surface area (Å²) in [7, 11) is -3.98. The second-order valence-electron chi connectivity index (χ2n) is 10.3. The molecule has 3 heterocycles. The van der Waals surface area contributed by atoms with E-state index < -0.39 is 45.7 Å². The quantitative estimate of drug-likeness (QED) is 0.487. The number of aromatic nitrogens is 1. The molecule has 1 saturated heterocycles. The average molecular weight is 545 g/mol. The lowest BCUT2D eigenvalue weighted by Crippen LogP contribution is -2.53. The third-order valence-corrected chi connectivity index (χ3v) is 9.38. The molecular weight excluding hydrogens is 508 g/mol. The van der Waals surface area contributed by atoms with Gasteiger partial charge in [-0.25, -0.2) is 13.4 Å². The first-order valence-corrected chi connectivity index (χ1v) is 14.8. The van der Waals surface area contributed by atoms with Crippen molar-refractivity contribution in [2.45, 2.75) is 87.9 Å². The topological polar surface area (TPSA) is 139 Å². The van der Waals surface area contributed by atoms with Crippen LogP contribution in [0, 0.1) is 5.92 Å². The zero-order chi connectivity index (χ0) is 27.1. The van der Waals surface area contributed by atoms with Crippen LogP contribution < -0.4 is 10.6 Å². The minimum absolute atomic E-state index is 0.110. The lowest BCUT2D eigenvalue weighted by Gasteiger charge is -2.25. The van der Waals surface area contributed by atoms with Gasteiger partial charge < -0.3 is 15.1 Å². The van der Waals surface area contributed by atoms with E-state index in [4.69, 9.17) is 4.42 Å². The molecule has 2 N–H and O–H groups in total. The second kappa shape index (κ2) is 12.7. The van der Waals surface area contributed by atoms with Crippen LogP contribution in [-0.2, 0) is 19.6 Å². The monoisotopic (exact) mass is 544 g/mol. The van der Waals surface area contributed by atoms with Crippen LogP contribution >= 0.6 is 0 Å². The number of nitrogens with one attached hydrogen (secondary N) is 2. The Balaban J connectivity index is 1.47. The summed E-state index contributed by atoms with van der Waals surface area (Å²) in [4.78, 5) is 43.4. The second-order valence-corrected chi connectivity index (χ2v) is 12.1. The number of pyridine rings is 1. The van der Waals surface area contributed by atoms with E-state index in [1.54, 1.807) is 25.1 Å². The Morgan fingerprint density at radius 2 is 1.84 bits per heavy atom. The number of ketones is 1. The fourth-order valence-corrected chi connectivity index (χ4v) is 6.86. The van der Waals surface area contributed by atoms with Crippen molar-refractivity contribution in [2.24, 2.45) is 5.92 Å². The number of Topliss-reactive ketones (excluding diaryl/α,β-unsaturated/α-hetero) is 1. The number of nitrogens with zero attached hydrogens (tertiary/aromatic N) is 2. The molecule has 10 nitrogen and oxygen atoms in total. The van der Waals surface area contributed by atoms with Gasteiger partial charge in [-0.3, -0.25) is 14.4 Å². The van der Waals surface area contributed by atoms with E-state index in [1.165, 1.54) is 37.4 Å². The average Bonchev–Trinajstić information content (AvgIpc) is 3.28. The number of hydrogen-bond acceptors (Lipinski definition) is 7. The standard InChI is InChI=1S/C27H36N4O6S/c1-19-13-14-21(23(32)18-31(19)38(35,36)25-12-6-7-15-28-25)29-26(33)22(17-20-9-4-2-3-5-10-20)30-27(34)24-11-8-16-37-24/h6-8,11-12,15-16,19-22H,2-5,9-10,13-14,17-18H2,1H3,(H,29,33)(H,30,34)/t19-,21+,22+/m1/s1. The molecule has 1 aliphatic heterocycles. The maximum Gasteiger partial charge on any atom is 0.287 e. The molecular formula is C27H36N4O6S. The minimum atomic E-state index is -3.98. The molecule has 0 unspecified atom stereocenters. The number of amides is 2. The van der Waals surface area contributed by atoms with Gasteiger partial charge in [-0.05, 0) is 56.4 Å². The van der Waals surface area contributed by atoms with Crippen LogP contribution in [0.2, 0.25) is 0 Å². The van der Waals surface area contributed by atoms with Crippen LogP contribution in [0.4, 0.5) is 0 Å². The molecule has 0 radical (unpaired) electrons. The first-order valence-electron chi connectivity index (χ1n) is 13.4. The van der Waals surface area contributed by atoms with Crippen LogP contribution in [-0.4, -0.2) is 60.0 Å². The van der Waals surface area contributed by atoms with Crippen LogP contribution in [0.1, 0.15) is 75.3 Å². The Labute approximate surface area is 223 Å². The van der Waals surface area contributed by atoms with Gasteiger partial charge in [0.2, 0.25) is 5.91 Å². The van der Waals surface area contributed by atoms with Gasteiger partial charge in [-0.15, -0.1) is 0 Å². The Morgan fingerprint density at radius 1 is 1.08 bits per heavy atom. The number of sulfonamides is 1. The summed E-state index contributed by atoms with van der Waals surface area (Å²) in [6.45, 7) is 1.38. The molecule has 1 saturated carbocycles. The number of hydrogen-bond donors (Lipinski definition) is 2. The molecule has 11 heteroatoms. The molecule has 2 amide bonds. The van der Waals surface area contributed by atoms with Gasteiger partial charge in [0.25, 0.3) is 15.9 Å². The predicted octanol–water partition coefficient (Wildman–Crippen LogP) is 3.06. The first-order chi connectivity index (χ1) is 18.3. The van der Waals surface area contributed by atoms with Gasteiger partial charge in [-0.2, -0.15) is 4.31 Å². The van der Waals surface area contributed by atoms with Crippen molar-refractivity contribution in [3.05, 3.63) is 48.6 Å². The van der Waals surface area contributed by atoms with Crippen molar-refractivity contribution in [3.63, 3.8) is 0 Å². The molecule has 2 aliphatic rings. The van der Waals surface area contributed by atoms with Crippen molar-refractivity contribution in [2.75, 3.05) is 6.54 Å². The number of furan rings is 1. The molecule has 1 aliphatic carbocycles. The molecule has 4 rings (SSSR count). The number of rotatable bonds is 8. The van der Waals surface area contributed by atoms with Crippen molar-refractivity contribution >= 4 is 27.6 Å². The van der Waals surface area contributed by atoms with Crippen molar-refractivity contribution in [1.82, 2.24) is 19.9 Å². The van der Waals surface area contributed by atoms with Crippen molar-refractivity contribution < 1.29 is 27.2 Å². The van der Waals surface area contributed by atoms with Crippen LogP contribution in [0.5, 0.6) is 0 Å². The first kappa shape index (κ1) is 28.0. The van der Waals surface area contributed by atoms with E-state index in [2.05, 4.69) is 15.6 Å². The van der Waals surface area contributed by atoms with E-state index in [0.29, 0.717) is 19.3 Å². The molecule has 2 aromatic rings. The summed E-state index contributed by atoms with van der Waals surface area (Å²) < 4.78 is 32.7. The fraction of sp³-hybridized carbons (Fsp3) is 0.556. The van der Waals surface area contributed by atoms with Gasteiger partial charge in [0.05, 0.1) is 18.8 Å². The number of carbonyl (C=O) groups excluding carboxylic acids is 3. The molecule has 0 aromatic carbocycles. The third-order valence-electron chi connectivity index (χ3n) is 7.50. The summed E-state index contributed by atoms with van der Waals surface area (Å²) in [5, 5.41) is 5.51. The highest BCUT2D eigenvalue weighted by molar-refractivity contribution is 7.89. The van der Waals surface area contributed by atoms with Gasteiger partial charge >= 0.3 is 0 Å². The molecule has 2 fully saturated rings. The van der Waals surface area contributed by atoms with Gasteiger partial charge in [0.1, 0.15) is 6.04 Å². The van der Waals surface area contributed by atoms with Crippen LogP contribution in [0.15, 0.2) is 52.2 Å². The maximum atomic E-state index is 13.5. The minimum Gasteiger partial charge on any atom is -0.459 e. The van der Waals surface area contributed by atoms with Crippen molar-refractivity contribution in [3.8, 4) is 0 Å². The zero-order valence-corrected chi connectivity index (χ0v) is 22.5. The molecule has 2 aromatic heterocycles. The highest BCUT2D eigenvalue weighted by Crippen LogP contribution is 2.27. The van der Waals surface area contributed by atoms with E-state index in [-0.39, 0.29) is 23.2 Å². The molecule has 0 bridgehead atoms. The Hall–Kier alpha value is -3.05. The lowest BCUT2D eigenvalue weighted by molar-refractivity contribution is -0.129.